The van der Waals surface area contributed by atoms with E-state index in [-0.39, 0.29) is 17.1 Å². The molecule has 3 atom stereocenters. The SMILES string of the molecule is CCN1CCCCC1c1c2nc(c(C3CCCCC3)c3ccc([n-]3)c(C3CCCC[NH+]3CC)c3nc(c(C4CCCCC4)c4ccc1[n-]4)C=C3)C=C2.[Mn+3]. The number of aromatic nitrogens is 4. The molecule has 0 spiro atoms. The van der Waals surface area contributed by atoms with E-state index in [2.05, 4.69) is 67.3 Å². The van der Waals surface area contributed by atoms with Crippen LogP contribution in [0.25, 0.3) is 46.4 Å². The van der Waals surface area contributed by atoms with E-state index in [0.29, 0.717) is 23.9 Å². The third kappa shape index (κ3) is 7.17. The van der Waals surface area contributed by atoms with Crippen molar-refractivity contribution < 1.29 is 22.0 Å². The summed E-state index contributed by atoms with van der Waals surface area (Å²) in [4.78, 5) is 26.9. The molecule has 3 aromatic rings. The molecular formula is C46H59MnN6+2. The third-order valence-electron chi connectivity index (χ3n) is 13.7. The molecule has 3 aromatic heterocycles. The van der Waals surface area contributed by atoms with Crippen LogP contribution in [0.4, 0.5) is 0 Å². The van der Waals surface area contributed by atoms with E-state index >= 15 is 0 Å². The van der Waals surface area contributed by atoms with Gasteiger partial charge in [0.05, 0.1) is 35.9 Å². The van der Waals surface area contributed by atoms with Gasteiger partial charge in [0, 0.05) is 18.0 Å². The normalized spacial score (nSPS) is 24.4. The second kappa shape index (κ2) is 16.4. The number of nitrogens with zero attached hydrogens (tertiary/aromatic N) is 5. The van der Waals surface area contributed by atoms with Gasteiger partial charge in [0.25, 0.3) is 0 Å². The van der Waals surface area contributed by atoms with Crippen LogP contribution in [-0.4, -0.2) is 41.0 Å². The minimum Gasteiger partial charge on any atom is -0.657 e. The van der Waals surface area contributed by atoms with Gasteiger partial charge in [-0.2, -0.15) is 0 Å². The molecule has 0 aromatic carbocycles. The van der Waals surface area contributed by atoms with Crippen LogP contribution < -0.4 is 14.9 Å². The second-order valence-electron chi connectivity index (χ2n) is 16.6. The maximum atomic E-state index is 5.64. The molecule has 2 saturated heterocycles. The first-order valence-corrected chi connectivity index (χ1v) is 21.3. The Morgan fingerprint density at radius 2 is 1.04 bits per heavy atom. The molecule has 53 heavy (non-hydrogen) atoms. The molecule has 7 heterocycles. The van der Waals surface area contributed by atoms with Crippen molar-refractivity contribution in [1.82, 2.24) is 24.8 Å². The molecule has 278 valence electrons. The Kier molecular flexibility index (Phi) is 11.5. The quantitative estimate of drug-likeness (QED) is 0.175. The molecule has 2 aliphatic carbocycles. The Morgan fingerprint density at radius 3 is 1.58 bits per heavy atom. The fraction of sp³-hybridized carbons (Fsp3) is 0.565. The van der Waals surface area contributed by atoms with E-state index < -0.39 is 0 Å². The molecule has 6 aliphatic rings. The van der Waals surface area contributed by atoms with Gasteiger partial charge in [-0.15, -0.1) is 22.1 Å². The smallest absolute Gasteiger partial charge is 0.657 e. The molecule has 9 rings (SSSR count). The Hall–Kier alpha value is -2.96. The zero-order valence-electron chi connectivity index (χ0n) is 32.2. The van der Waals surface area contributed by atoms with E-state index in [1.807, 2.05) is 0 Å². The summed E-state index contributed by atoms with van der Waals surface area (Å²) < 4.78 is 0. The number of quaternary nitrogens is 1. The number of fused-ring (bicyclic) bond motifs is 8. The standard InChI is InChI=1S/C46H58N6.Mn/c1-3-51-29-13-11-19-41(51)45-37-25-21-33(47-37)43(31-15-7-5-8-16-31)35-23-27-39(49-35)46(42-20-12-14-30-52(42)4-2)40-28-24-36(50-40)44(32-17-9-6-10-18-32)34-22-26-38(45)48-34;/h21-28,31-32,41-42H,3-20,29-30H2,1-2H3;/q-2;+3/p+1. The van der Waals surface area contributed by atoms with E-state index in [1.165, 1.54) is 125 Å². The summed E-state index contributed by atoms with van der Waals surface area (Å²) in [5, 5.41) is 0. The monoisotopic (exact) mass is 750 g/mol. The van der Waals surface area contributed by atoms with Crippen molar-refractivity contribution in [3.8, 4) is 0 Å². The summed E-state index contributed by atoms with van der Waals surface area (Å²) >= 11 is 0. The Balaban J connectivity index is 0.00000400. The minimum absolute atomic E-state index is 0. The summed E-state index contributed by atoms with van der Waals surface area (Å²) in [6.45, 7) is 9.22. The maximum Gasteiger partial charge on any atom is 3.00 e. The number of likely N-dealkylation sites (tertiary alicyclic amines) is 2. The van der Waals surface area contributed by atoms with Crippen LogP contribution in [0.5, 0.6) is 0 Å². The molecular weight excluding hydrogens is 691 g/mol. The van der Waals surface area contributed by atoms with Gasteiger partial charge in [0.2, 0.25) is 0 Å². The van der Waals surface area contributed by atoms with Crippen molar-refractivity contribution in [3.63, 3.8) is 0 Å². The molecule has 4 aliphatic heterocycles. The predicted molar refractivity (Wildman–Crippen MR) is 215 cm³/mol. The van der Waals surface area contributed by atoms with Crippen LogP contribution in [0.1, 0.15) is 186 Å². The molecule has 8 bridgehead atoms. The average Bonchev–Trinajstić information content (AvgIpc) is 4.04. The van der Waals surface area contributed by atoms with Crippen molar-refractivity contribution in [3.05, 3.63) is 69.3 Å². The molecule has 3 unspecified atom stereocenters. The van der Waals surface area contributed by atoms with Gasteiger partial charge >= 0.3 is 17.1 Å². The molecule has 7 heteroatoms. The van der Waals surface area contributed by atoms with Crippen molar-refractivity contribution >= 4 is 46.4 Å². The van der Waals surface area contributed by atoms with Gasteiger partial charge in [-0.05, 0) is 124 Å². The fourth-order valence-corrected chi connectivity index (χ4v) is 11.0. The van der Waals surface area contributed by atoms with Crippen LogP contribution in [0.2, 0.25) is 0 Å². The predicted octanol–water partition coefficient (Wildman–Crippen LogP) is 9.68. The van der Waals surface area contributed by atoms with Gasteiger partial charge in [0.15, 0.2) is 0 Å². The minimum atomic E-state index is 0. The molecule has 2 saturated carbocycles. The molecule has 1 N–H and O–H groups in total. The Bertz CT molecular complexity index is 1850. The number of hydrogen-bond donors (Lipinski definition) is 1. The van der Waals surface area contributed by atoms with Crippen molar-refractivity contribution in [1.29, 1.82) is 0 Å². The zero-order chi connectivity index (χ0) is 35.0. The molecule has 0 amide bonds. The van der Waals surface area contributed by atoms with E-state index in [9.17, 15) is 0 Å². The first kappa shape index (κ1) is 37.0. The van der Waals surface area contributed by atoms with Gasteiger partial charge in [-0.3, -0.25) is 4.90 Å². The van der Waals surface area contributed by atoms with E-state index in [4.69, 9.17) is 19.9 Å². The van der Waals surface area contributed by atoms with Crippen molar-refractivity contribution in [2.24, 2.45) is 0 Å². The first-order valence-electron chi connectivity index (χ1n) is 21.3. The number of piperidine rings is 2. The van der Waals surface area contributed by atoms with Crippen molar-refractivity contribution in [2.75, 3.05) is 26.2 Å². The molecule has 4 fully saturated rings. The third-order valence-corrected chi connectivity index (χ3v) is 13.7. The van der Waals surface area contributed by atoms with Gasteiger partial charge in [-0.1, -0.05) is 76.1 Å². The fourth-order valence-electron chi connectivity index (χ4n) is 11.0. The average molecular weight is 751 g/mol. The first-order chi connectivity index (χ1) is 25.7. The van der Waals surface area contributed by atoms with Crippen LogP contribution in [0, 0.1) is 0 Å². The van der Waals surface area contributed by atoms with E-state index in [1.54, 1.807) is 4.90 Å². The van der Waals surface area contributed by atoms with Crippen LogP contribution >= 0.6 is 0 Å². The van der Waals surface area contributed by atoms with Gasteiger partial charge in [0.1, 0.15) is 6.04 Å². The van der Waals surface area contributed by atoms with Crippen LogP contribution in [-0.2, 0) is 17.1 Å². The number of hydrogen-bond acceptors (Lipinski definition) is 3. The summed E-state index contributed by atoms with van der Waals surface area (Å²) in [7, 11) is 0. The Labute approximate surface area is 327 Å². The van der Waals surface area contributed by atoms with Crippen LogP contribution in [0.15, 0.2) is 24.3 Å². The van der Waals surface area contributed by atoms with Gasteiger partial charge in [-0.25, -0.2) is 9.97 Å². The molecule has 6 nitrogen and oxygen atoms in total. The number of nitrogens with one attached hydrogen (secondary N) is 1. The Morgan fingerprint density at radius 1 is 0.566 bits per heavy atom. The zero-order valence-corrected chi connectivity index (χ0v) is 33.4. The second-order valence-corrected chi connectivity index (χ2v) is 16.6. The number of rotatable bonds is 6. The van der Waals surface area contributed by atoms with E-state index in [0.717, 1.165) is 70.9 Å². The summed E-state index contributed by atoms with van der Waals surface area (Å²) in [6, 6.07) is 10.0. The largest absolute Gasteiger partial charge is 3.00 e. The maximum absolute atomic E-state index is 5.64. The van der Waals surface area contributed by atoms with Crippen LogP contribution in [0.3, 0.4) is 0 Å². The summed E-state index contributed by atoms with van der Waals surface area (Å²) in [5.74, 6) is 0.971. The summed E-state index contributed by atoms with van der Waals surface area (Å²) in [5.41, 5.74) is 14.4. The summed E-state index contributed by atoms with van der Waals surface area (Å²) in [6.07, 6.45) is 29.4. The van der Waals surface area contributed by atoms with Crippen molar-refractivity contribution in [2.45, 2.75) is 141 Å². The van der Waals surface area contributed by atoms with Gasteiger partial charge < -0.3 is 14.9 Å². The molecule has 0 radical (unpaired) electrons. The topological polar surface area (TPSA) is 61.7 Å².